The lowest BCUT2D eigenvalue weighted by molar-refractivity contribution is 0.581. The van der Waals surface area contributed by atoms with E-state index in [-0.39, 0.29) is 11.4 Å². The largest absolute Gasteiger partial charge is 0.323 e. The standard InChI is InChI=1S/C13H19N5O2S/c1-9-11(10(2)18(3)17-9)8-15-21(19,20)13-7-5-4-6-12(13)16-14/h4-7,15-16H,8,14H2,1-3H3. The van der Waals surface area contributed by atoms with Gasteiger partial charge in [0.2, 0.25) is 10.0 Å². The van der Waals surface area contributed by atoms with Crippen LogP contribution in [0.2, 0.25) is 0 Å². The summed E-state index contributed by atoms with van der Waals surface area (Å²) in [4.78, 5) is 0.117. The molecule has 2 rings (SSSR count). The van der Waals surface area contributed by atoms with Crippen LogP contribution in [-0.4, -0.2) is 18.2 Å². The van der Waals surface area contributed by atoms with E-state index in [0.29, 0.717) is 5.69 Å². The topological polar surface area (TPSA) is 102 Å². The van der Waals surface area contributed by atoms with Gasteiger partial charge in [0.15, 0.2) is 0 Å². The molecule has 8 heteroatoms. The lowest BCUT2D eigenvalue weighted by Crippen LogP contribution is -2.25. The van der Waals surface area contributed by atoms with Crippen molar-refractivity contribution in [3.63, 3.8) is 0 Å². The zero-order chi connectivity index (χ0) is 15.6. The third-order valence-electron chi connectivity index (χ3n) is 3.43. The van der Waals surface area contributed by atoms with Crippen LogP contribution in [0.25, 0.3) is 0 Å². The maximum Gasteiger partial charge on any atom is 0.242 e. The van der Waals surface area contributed by atoms with E-state index in [9.17, 15) is 8.42 Å². The summed E-state index contributed by atoms with van der Waals surface area (Å²) < 4.78 is 29.1. The van der Waals surface area contributed by atoms with Gasteiger partial charge in [-0.15, -0.1) is 0 Å². The van der Waals surface area contributed by atoms with Crippen molar-refractivity contribution >= 4 is 15.7 Å². The van der Waals surface area contributed by atoms with Crippen LogP contribution in [0.4, 0.5) is 5.69 Å². The minimum atomic E-state index is -3.66. The van der Waals surface area contributed by atoms with Crippen molar-refractivity contribution < 1.29 is 8.42 Å². The number of benzene rings is 1. The van der Waals surface area contributed by atoms with Crippen LogP contribution < -0.4 is 16.0 Å². The van der Waals surface area contributed by atoms with Gasteiger partial charge in [-0.3, -0.25) is 10.5 Å². The summed E-state index contributed by atoms with van der Waals surface area (Å²) >= 11 is 0. The highest BCUT2D eigenvalue weighted by atomic mass is 32.2. The second kappa shape index (κ2) is 5.84. The van der Waals surface area contributed by atoms with Crippen LogP contribution in [0.15, 0.2) is 29.2 Å². The Kier molecular flexibility index (Phi) is 4.31. The first-order chi connectivity index (χ1) is 9.86. The summed E-state index contributed by atoms with van der Waals surface area (Å²) in [6.07, 6.45) is 0. The van der Waals surface area contributed by atoms with Crippen molar-refractivity contribution in [3.8, 4) is 0 Å². The van der Waals surface area contributed by atoms with Gasteiger partial charge in [0.1, 0.15) is 4.90 Å². The maximum absolute atomic E-state index is 12.4. The second-order valence-electron chi connectivity index (χ2n) is 4.74. The molecule has 0 saturated heterocycles. The zero-order valence-electron chi connectivity index (χ0n) is 12.2. The molecular weight excluding hydrogens is 290 g/mol. The number of nitrogens with two attached hydrogens (primary N) is 1. The molecule has 1 heterocycles. The van der Waals surface area contributed by atoms with Crippen molar-refractivity contribution in [2.45, 2.75) is 25.3 Å². The molecule has 1 aromatic heterocycles. The third-order valence-corrected chi connectivity index (χ3v) is 4.89. The van der Waals surface area contributed by atoms with E-state index in [4.69, 9.17) is 5.84 Å². The highest BCUT2D eigenvalue weighted by Gasteiger charge is 2.19. The Labute approximate surface area is 124 Å². The Morgan fingerprint density at radius 3 is 2.52 bits per heavy atom. The molecule has 0 spiro atoms. The first-order valence-corrected chi connectivity index (χ1v) is 7.89. The van der Waals surface area contributed by atoms with Crippen molar-refractivity contribution in [2.24, 2.45) is 12.9 Å². The number of nitrogens with one attached hydrogen (secondary N) is 2. The Morgan fingerprint density at radius 2 is 1.95 bits per heavy atom. The van der Waals surface area contributed by atoms with Crippen LogP contribution in [0.1, 0.15) is 17.0 Å². The number of rotatable bonds is 5. The fourth-order valence-electron chi connectivity index (χ4n) is 2.14. The minimum absolute atomic E-state index is 0.117. The zero-order valence-corrected chi connectivity index (χ0v) is 13.0. The molecular formula is C13H19N5O2S. The first kappa shape index (κ1) is 15.5. The van der Waals surface area contributed by atoms with E-state index in [1.54, 1.807) is 22.9 Å². The molecule has 0 bridgehead atoms. The predicted octanol–water partition coefficient (Wildman–Crippen LogP) is 0.801. The smallest absolute Gasteiger partial charge is 0.242 e. The van der Waals surface area contributed by atoms with E-state index in [1.807, 2.05) is 20.9 Å². The van der Waals surface area contributed by atoms with Gasteiger partial charge < -0.3 is 5.43 Å². The molecule has 1 aromatic carbocycles. The summed E-state index contributed by atoms with van der Waals surface area (Å²) in [6, 6.07) is 6.47. The lowest BCUT2D eigenvalue weighted by atomic mass is 10.2. The van der Waals surface area contributed by atoms with E-state index in [2.05, 4.69) is 15.2 Å². The molecule has 7 nitrogen and oxygen atoms in total. The van der Waals surface area contributed by atoms with E-state index in [1.165, 1.54) is 6.07 Å². The fourth-order valence-corrected chi connectivity index (χ4v) is 3.30. The summed E-state index contributed by atoms with van der Waals surface area (Å²) in [5, 5.41) is 4.27. The SMILES string of the molecule is Cc1nn(C)c(C)c1CNS(=O)(=O)c1ccccc1NN. The van der Waals surface area contributed by atoms with E-state index < -0.39 is 10.0 Å². The third kappa shape index (κ3) is 3.07. The average molecular weight is 309 g/mol. The predicted molar refractivity (Wildman–Crippen MR) is 81.0 cm³/mol. The molecule has 2 aromatic rings. The summed E-state index contributed by atoms with van der Waals surface area (Å²) in [6.45, 7) is 3.94. The monoisotopic (exact) mass is 309 g/mol. The van der Waals surface area contributed by atoms with E-state index >= 15 is 0 Å². The molecule has 4 N–H and O–H groups in total. The van der Waals surface area contributed by atoms with Crippen LogP contribution in [0, 0.1) is 13.8 Å². The number of nitrogen functional groups attached to an aromatic ring is 1. The molecule has 0 amide bonds. The van der Waals surface area contributed by atoms with Crippen molar-refractivity contribution in [3.05, 3.63) is 41.2 Å². The van der Waals surface area contributed by atoms with Crippen LogP contribution in [-0.2, 0) is 23.6 Å². The quantitative estimate of drug-likeness (QED) is 0.560. The van der Waals surface area contributed by atoms with Gasteiger partial charge in [-0.25, -0.2) is 13.1 Å². The Hall–Kier alpha value is -1.90. The Balaban J connectivity index is 2.26. The van der Waals surface area contributed by atoms with Crippen molar-refractivity contribution in [1.82, 2.24) is 14.5 Å². The van der Waals surface area contributed by atoms with Crippen LogP contribution in [0.3, 0.4) is 0 Å². The summed E-state index contributed by atoms with van der Waals surface area (Å²) in [7, 11) is -1.83. The van der Waals surface area contributed by atoms with Gasteiger partial charge in [0, 0.05) is 24.8 Å². The highest BCUT2D eigenvalue weighted by Crippen LogP contribution is 2.20. The normalized spacial score (nSPS) is 11.6. The molecule has 0 aliphatic rings. The molecule has 0 atom stereocenters. The number of hydrogen-bond donors (Lipinski definition) is 3. The molecule has 0 unspecified atom stereocenters. The molecule has 0 fully saturated rings. The van der Waals surface area contributed by atoms with Crippen molar-refractivity contribution in [2.75, 3.05) is 5.43 Å². The minimum Gasteiger partial charge on any atom is -0.323 e. The van der Waals surface area contributed by atoms with Gasteiger partial charge in [-0.2, -0.15) is 5.10 Å². The Bertz CT molecular complexity index is 752. The average Bonchev–Trinajstić information content (AvgIpc) is 2.70. The summed E-state index contributed by atoms with van der Waals surface area (Å²) in [5.41, 5.74) is 5.36. The second-order valence-corrected chi connectivity index (χ2v) is 6.47. The van der Waals surface area contributed by atoms with Gasteiger partial charge in [0.25, 0.3) is 0 Å². The van der Waals surface area contributed by atoms with Gasteiger partial charge >= 0.3 is 0 Å². The summed E-state index contributed by atoms with van der Waals surface area (Å²) in [5.74, 6) is 5.35. The number of para-hydroxylation sites is 1. The Morgan fingerprint density at radius 1 is 1.29 bits per heavy atom. The molecule has 114 valence electrons. The van der Waals surface area contributed by atoms with Gasteiger partial charge in [-0.1, -0.05) is 12.1 Å². The van der Waals surface area contributed by atoms with Crippen molar-refractivity contribution in [1.29, 1.82) is 0 Å². The van der Waals surface area contributed by atoms with Gasteiger partial charge in [0.05, 0.1) is 11.4 Å². The lowest BCUT2D eigenvalue weighted by Gasteiger charge is -2.11. The number of anilines is 1. The number of nitrogens with zero attached hydrogens (tertiary/aromatic N) is 2. The van der Waals surface area contributed by atoms with Crippen LogP contribution in [0.5, 0.6) is 0 Å². The van der Waals surface area contributed by atoms with E-state index in [0.717, 1.165) is 17.0 Å². The number of sulfonamides is 1. The first-order valence-electron chi connectivity index (χ1n) is 6.41. The molecule has 0 radical (unpaired) electrons. The fraction of sp³-hybridized carbons (Fsp3) is 0.308. The number of hydrazine groups is 1. The molecule has 0 saturated carbocycles. The maximum atomic E-state index is 12.4. The number of hydrogen-bond acceptors (Lipinski definition) is 5. The molecule has 21 heavy (non-hydrogen) atoms. The molecule has 0 aliphatic heterocycles. The van der Waals surface area contributed by atoms with Gasteiger partial charge in [-0.05, 0) is 26.0 Å². The van der Waals surface area contributed by atoms with Crippen LogP contribution >= 0.6 is 0 Å². The number of aryl methyl sites for hydroxylation is 2. The highest BCUT2D eigenvalue weighted by molar-refractivity contribution is 7.89. The molecule has 0 aliphatic carbocycles. The number of aromatic nitrogens is 2.